The van der Waals surface area contributed by atoms with Gasteiger partial charge in [-0.3, -0.25) is 0 Å². The number of rotatable bonds is 4. The average molecular weight is 242 g/mol. The Hall–Kier alpha value is -1.52. The van der Waals surface area contributed by atoms with Gasteiger partial charge in [-0.25, -0.2) is 9.13 Å². The third-order valence-electron chi connectivity index (χ3n) is 1.90. The lowest BCUT2D eigenvalue weighted by molar-refractivity contribution is -0.701. The van der Waals surface area contributed by atoms with Gasteiger partial charge in [0.1, 0.15) is 12.4 Å². The summed E-state index contributed by atoms with van der Waals surface area (Å²) in [6.07, 6.45) is 4.42. The van der Waals surface area contributed by atoms with Crippen LogP contribution in [0.4, 0.5) is 4.79 Å². The van der Waals surface area contributed by atoms with Crippen molar-refractivity contribution in [3.05, 3.63) is 18.7 Å². The Morgan fingerprint density at radius 1 is 1.35 bits per heavy atom. The summed E-state index contributed by atoms with van der Waals surface area (Å²) in [6.45, 7) is 11.2. The molecule has 0 bridgehead atoms. The monoisotopic (exact) mass is 242 g/mol. The minimum Gasteiger partial charge on any atom is -0.565 e. The van der Waals surface area contributed by atoms with E-state index in [0.717, 1.165) is 24.9 Å². The van der Waals surface area contributed by atoms with Crippen LogP contribution in [0.3, 0.4) is 0 Å². The van der Waals surface area contributed by atoms with Crippen molar-refractivity contribution in [2.75, 3.05) is 0 Å². The highest BCUT2D eigenvalue weighted by molar-refractivity contribution is 5.50. The van der Waals surface area contributed by atoms with Gasteiger partial charge in [-0.15, -0.1) is 0 Å². The van der Waals surface area contributed by atoms with Crippen LogP contribution < -0.4 is 9.67 Å². The lowest BCUT2D eigenvalue weighted by Gasteiger charge is -2.00. The Bertz CT molecular complexity index is 304. The van der Waals surface area contributed by atoms with E-state index in [4.69, 9.17) is 15.0 Å². The van der Waals surface area contributed by atoms with Gasteiger partial charge in [0.2, 0.25) is 12.5 Å². The predicted octanol–water partition coefficient (Wildman–Crippen LogP) is 0.975. The molecule has 0 saturated heterocycles. The van der Waals surface area contributed by atoms with Crippen molar-refractivity contribution in [1.29, 1.82) is 0 Å². The predicted molar refractivity (Wildman–Crippen MR) is 62.3 cm³/mol. The SMILES string of the molecule is CC(C)Cn1cc[n+](CC(C)C)c1.O=C([O-])O. The molecule has 0 saturated carbocycles. The van der Waals surface area contributed by atoms with Crippen molar-refractivity contribution in [1.82, 2.24) is 4.57 Å². The summed E-state index contributed by atoms with van der Waals surface area (Å²) in [5.41, 5.74) is 0. The van der Waals surface area contributed by atoms with E-state index >= 15 is 0 Å². The maximum Gasteiger partial charge on any atom is 0.249 e. The molecule has 98 valence electrons. The second-order valence-corrected chi connectivity index (χ2v) is 4.86. The van der Waals surface area contributed by atoms with E-state index in [9.17, 15) is 0 Å². The molecule has 0 unspecified atom stereocenters. The second kappa shape index (κ2) is 7.70. The van der Waals surface area contributed by atoms with Gasteiger partial charge in [0.25, 0.3) is 0 Å². The zero-order valence-electron chi connectivity index (χ0n) is 11.0. The van der Waals surface area contributed by atoms with E-state index in [-0.39, 0.29) is 0 Å². The van der Waals surface area contributed by atoms with Gasteiger partial charge in [-0.1, -0.05) is 27.7 Å². The van der Waals surface area contributed by atoms with Crippen molar-refractivity contribution in [2.45, 2.75) is 40.8 Å². The third kappa shape index (κ3) is 9.41. The Morgan fingerprint density at radius 2 is 1.88 bits per heavy atom. The fourth-order valence-electron chi connectivity index (χ4n) is 1.50. The Balaban J connectivity index is 0.000000557. The van der Waals surface area contributed by atoms with Gasteiger partial charge in [-0.2, -0.15) is 0 Å². The number of hydrogen-bond acceptors (Lipinski definition) is 2. The summed E-state index contributed by atoms with van der Waals surface area (Å²) in [5.74, 6) is 1.44. The number of carboxylic acid groups (broad SMARTS) is 2. The van der Waals surface area contributed by atoms with Crippen LogP contribution in [-0.4, -0.2) is 15.8 Å². The van der Waals surface area contributed by atoms with Crippen LogP contribution in [0.25, 0.3) is 0 Å². The minimum absolute atomic E-state index is 0.722. The van der Waals surface area contributed by atoms with Crippen LogP contribution in [0.5, 0.6) is 0 Å². The molecular formula is C12H22N2O3. The van der Waals surface area contributed by atoms with Crippen molar-refractivity contribution in [3.8, 4) is 0 Å². The first-order chi connectivity index (χ1) is 7.81. The molecule has 5 nitrogen and oxygen atoms in total. The molecule has 1 heterocycles. The van der Waals surface area contributed by atoms with Crippen molar-refractivity contribution >= 4 is 6.16 Å². The van der Waals surface area contributed by atoms with Crippen molar-refractivity contribution in [3.63, 3.8) is 0 Å². The second-order valence-electron chi connectivity index (χ2n) is 4.86. The summed E-state index contributed by atoms with van der Waals surface area (Å²) in [7, 11) is 0. The molecule has 0 aliphatic carbocycles. The van der Waals surface area contributed by atoms with Gasteiger partial charge in [0, 0.05) is 0 Å². The Labute approximate surface area is 102 Å². The summed E-state index contributed by atoms with van der Waals surface area (Å²) in [6, 6.07) is 0. The summed E-state index contributed by atoms with van der Waals surface area (Å²) < 4.78 is 4.51. The number of carbonyl (C=O) groups is 1. The molecule has 1 aromatic rings. The molecule has 1 rings (SSSR count). The number of hydrogen-bond donors (Lipinski definition) is 1. The highest BCUT2D eigenvalue weighted by atomic mass is 16.6. The van der Waals surface area contributed by atoms with E-state index in [1.54, 1.807) is 0 Å². The molecule has 0 radical (unpaired) electrons. The molecule has 0 spiro atoms. The molecule has 0 atom stereocenters. The van der Waals surface area contributed by atoms with Crippen LogP contribution >= 0.6 is 0 Å². The zero-order chi connectivity index (χ0) is 13.4. The lowest BCUT2D eigenvalue weighted by atomic mass is 10.2. The minimum atomic E-state index is -2.08. The molecule has 0 aliphatic heterocycles. The first-order valence-electron chi connectivity index (χ1n) is 5.76. The molecule has 1 aromatic heterocycles. The standard InChI is InChI=1S/C11H21N2.CH2O3/c1-10(2)7-12-5-6-13(9-12)8-11(3)4;2-1(3)4/h5-6,9-11H,7-8H2,1-4H3;(H2,2,3,4)/q+1;/p-1. The third-order valence-corrected chi connectivity index (χ3v) is 1.90. The molecule has 1 N–H and O–H groups in total. The van der Waals surface area contributed by atoms with Crippen molar-refractivity contribution in [2.24, 2.45) is 11.8 Å². The number of aromatic nitrogens is 2. The van der Waals surface area contributed by atoms with Crippen LogP contribution in [0.1, 0.15) is 27.7 Å². The average Bonchev–Trinajstić information content (AvgIpc) is 2.48. The van der Waals surface area contributed by atoms with Crippen LogP contribution in [0.15, 0.2) is 18.7 Å². The largest absolute Gasteiger partial charge is 0.565 e. The zero-order valence-corrected chi connectivity index (χ0v) is 11.0. The van der Waals surface area contributed by atoms with Crippen LogP contribution in [0, 0.1) is 11.8 Å². The molecule has 0 amide bonds. The molecule has 0 fully saturated rings. The summed E-state index contributed by atoms with van der Waals surface area (Å²) >= 11 is 0. The van der Waals surface area contributed by atoms with Crippen LogP contribution in [-0.2, 0) is 13.1 Å². The smallest absolute Gasteiger partial charge is 0.249 e. The normalized spacial score (nSPS) is 10.2. The topological polar surface area (TPSA) is 69.2 Å². The highest BCUT2D eigenvalue weighted by Gasteiger charge is 2.06. The van der Waals surface area contributed by atoms with Crippen LogP contribution in [0.2, 0.25) is 0 Å². The van der Waals surface area contributed by atoms with Crippen molar-refractivity contribution < 1.29 is 19.6 Å². The molecule has 0 aliphatic rings. The summed E-state index contributed by atoms with van der Waals surface area (Å²) in [4.78, 5) is 8.44. The Kier molecular flexibility index (Phi) is 7.02. The first-order valence-corrected chi connectivity index (χ1v) is 5.76. The van der Waals surface area contributed by atoms with E-state index in [2.05, 4.69) is 55.6 Å². The molecule has 17 heavy (non-hydrogen) atoms. The van der Waals surface area contributed by atoms with E-state index in [1.165, 1.54) is 0 Å². The molecular weight excluding hydrogens is 220 g/mol. The van der Waals surface area contributed by atoms with Gasteiger partial charge in [-0.05, 0) is 11.8 Å². The fraction of sp³-hybridized carbons (Fsp3) is 0.667. The van der Waals surface area contributed by atoms with E-state index in [0.29, 0.717) is 0 Å². The fourth-order valence-corrected chi connectivity index (χ4v) is 1.50. The van der Waals surface area contributed by atoms with Gasteiger partial charge in [0.15, 0.2) is 0 Å². The molecule has 0 aromatic carbocycles. The highest BCUT2D eigenvalue weighted by Crippen LogP contribution is 1.97. The first kappa shape index (κ1) is 15.5. The van der Waals surface area contributed by atoms with Gasteiger partial charge < -0.3 is 15.0 Å². The lowest BCUT2D eigenvalue weighted by Crippen LogP contribution is -2.33. The van der Waals surface area contributed by atoms with E-state index < -0.39 is 6.16 Å². The molecule has 5 heteroatoms. The Morgan fingerprint density at radius 3 is 2.29 bits per heavy atom. The van der Waals surface area contributed by atoms with Gasteiger partial charge >= 0.3 is 0 Å². The maximum absolute atomic E-state index is 8.44. The number of nitrogens with zero attached hydrogens (tertiary/aromatic N) is 2. The quantitative estimate of drug-likeness (QED) is 0.800. The van der Waals surface area contributed by atoms with Gasteiger partial charge in [0.05, 0.1) is 13.1 Å². The number of imidazole rings is 1. The maximum atomic E-state index is 8.44. The van der Waals surface area contributed by atoms with E-state index in [1.807, 2.05) is 0 Å². The summed E-state index contributed by atoms with van der Waals surface area (Å²) in [5, 5.41) is 15.3.